The summed E-state index contributed by atoms with van der Waals surface area (Å²) in [7, 11) is 0. The number of rotatable bonds is 7. The summed E-state index contributed by atoms with van der Waals surface area (Å²) in [6, 6.07) is 0. The average Bonchev–Trinajstić information content (AvgIpc) is 2.55. The quantitative estimate of drug-likeness (QED) is 0.487. The molecule has 0 aliphatic carbocycles. The van der Waals surface area contributed by atoms with Gasteiger partial charge in [-0.25, -0.2) is 0 Å². The van der Waals surface area contributed by atoms with E-state index in [9.17, 15) is 4.79 Å². The molecule has 1 fully saturated rings. The molecule has 0 N–H and O–H groups in total. The number of likely N-dealkylation sites (tertiary alicyclic amines) is 1. The predicted octanol–water partition coefficient (Wildman–Crippen LogP) is 3.04. The van der Waals surface area contributed by atoms with Crippen LogP contribution in [0.3, 0.4) is 0 Å². The van der Waals surface area contributed by atoms with Gasteiger partial charge in [0.15, 0.2) is 0 Å². The Morgan fingerprint density at radius 1 is 1.40 bits per heavy atom. The van der Waals surface area contributed by atoms with Crippen LogP contribution in [0.2, 0.25) is 0 Å². The van der Waals surface area contributed by atoms with Crippen molar-refractivity contribution in [3.63, 3.8) is 0 Å². The van der Waals surface area contributed by atoms with E-state index in [-0.39, 0.29) is 0 Å². The molecule has 1 aliphatic rings. The number of amides is 1. The number of carbonyl (C=O) groups excluding carboxylic acids is 1. The highest BCUT2D eigenvalue weighted by Gasteiger charge is 2.27. The van der Waals surface area contributed by atoms with Gasteiger partial charge >= 0.3 is 0 Å². The number of hydrogen-bond donors (Lipinski definition) is 0. The molecule has 0 saturated carbocycles. The normalized spacial score (nSPS) is 21.3. The molecule has 3 heteroatoms. The van der Waals surface area contributed by atoms with E-state index in [4.69, 9.17) is 11.6 Å². The zero-order valence-corrected chi connectivity index (χ0v) is 10.4. The zero-order chi connectivity index (χ0) is 11.1. The third-order valence-electron chi connectivity index (χ3n) is 3.05. The minimum atomic E-state index is 0.360. The standard InChI is InChI=1S/C12H22ClNO/c1-2-6-11-9-12(15)14(10-11)8-5-3-4-7-13/h11H,2-10H2,1H3. The van der Waals surface area contributed by atoms with Gasteiger partial charge in [0.2, 0.25) is 5.91 Å². The highest BCUT2D eigenvalue weighted by molar-refractivity contribution is 6.17. The molecule has 1 rings (SSSR count). The van der Waals surface area contributed by atoms with Gasteiger partial charge in [-0.05, 0) is 25.2 Å². The number of unbranched alkanes of at least 4 members (excludes halogenated alkanes) is 2. The highest BCUT2D eigenvalue weighted by atomic mass is 35.5. The van der Waals surface area contributed by atoms with E-state index in [1.165, 1.54) is 12.8 Å². The first kappa shape index (κ1) is 12.8. The van der Waals surface area contributed by atoms with Gasteiger partial charge in [0, 0.05) is 25.4 Å². The predicted molar refractivity (Wildman–Crippen MR) is 64.2 cm³/mol. The van der Waals surface area contributed by atoms with E-state index >= 15 is 0 Å². The largest absolute Gasteiger partial charge is 0.342 e. The van der Waals surface area contributed by atoms with Crippen LogP contribution in [0.1, 0.15) is 45.4 Å². The fourth-order valence-electron chi connectivity index (χ4n) is 2.25. The van der Waals surface area contributed by atoms with Gasteiger partial charge in [-0.2, -0.15) is 0 Å². The number of nitrogens with zero attached hydrogens (tertiary/aromatic N) is 1. The molecule has 15 heavy (non-hydrogen) atoms. The molecular formula is C12H22ClNO. The fourth-order valence-corrected chi connectivity index (χ4v) is 2.43. The fraction of sp³-hybridized carbons (Fsp3) is 0.917. The third-order valence-corrected chi connectivity index (χ3v) is 3.32. The van der Waals surface area contributed by atoms with Crippen molar-refractivity contribution < 1.29 is 4.79 Å². The summed E-state index contributed by atoms with van der Waals surface area (Å²) in [6.07, 6.45) is 6.50. The van der Waals surface area contributed by atoms with E-state index in [0.717, 1.165) is 44.7 Å². The molecule has 0 aromatic heterocycles. The summed E-state index contributed by atoms with van der Waals surface area (Å²) < 4.78 is 0. The summed E-state index contributed by atoms with van der Waals surface area (Å²) in [5.41, 5.74) is 0. The lowest BCUT2D eigenvalue weighted by atomic mass is 10.0. The molecular weight excluding hydrogens is 210 g/mol. The molecule has 0 aromatic rings. The van der Waals surface area contributed by atoms with Gasteiger partial charge < -0.3 is 4.90 Å². The maximum absolute atomic E-state index is 11.6. The molecule has 1 saturated heterocycles. The molecule has 1 atom stereocenters. The molecule has 1 amide bonds. The molecule has 0 aromatic carbocycles. The minimum Gasteiger partial charge on any atom is -0.342 e. The summed E-state index contributed by atoms with van der Waals surface area (Å²) in [5.74, 6) is 1.72. The monoisotopic (exact) mass is 231 g/mol. The topological polar surface area (TPSA) is 20.3 Å². The first-order valence-electron chi connectivity index (χ1n) is 6.11. The summed E-state index contributed by atoms with van der Waals surface area (Å²) in [6.45, 7) is 4.12. The Morgan fingerprint density at radius 3 is 2.87 bits per heavy atom. The second kappa shape index (κ2) is 7.10. The molecule has 1 unspecified atom stereocenters. The Morgan fingerprint density at radius 2 is 2.20 bits per heavy atom. The van der Waals surface area contributed by atoms with Crippen molar-refractivity contribution in [1.82, 2.24) is 4.90 Å². The maximum Gasteiger partial charge on any atom is 0.222 e. The Hall–Kier alpha value is -0.240. The van der Waals surface area contributed by atoms with E-state index in [1.54, 1.807) is 0 Å². The van der Waals surface area contributed by atoms with Crippen LogP contribution in [0.4, 0.5) is 0 Å². The van der Waals surface area contributed by atoms with Crippen molar-refractivity contribution in [2.45, 2.75) is 45.4 Å². The SMILES string of the molecule is CCCC1CC(=O)N(CCCCCCl)C1. The van der Waals surface area contributed by atoms with Gasteiger partial charge in [0.05, 0.1) is 0 Å². The van der Waals surface area contributed by atoms with E-state index in [1.807, 2.05) is 4.90 Å². The van der Waals surface area contributed by atoms with Crippen LogP contribution in [0.5, 0.6) is 0 Å². The van der Waals surface area contributed by atoms with Crippen molar-refractivity contribution >= 4 is 17.5 Å². The highest BCUT2D eigenvalue weighted by Crippen LogP contribution is 2.22. The Kier molecular flexibility index (Phi) is 6.07. The Labute approximate surface area is 98.0 Å². The van der Waals surface area contributed by atoms with E-state index < -0.39 is 0 Å². The first-order chi connectivity index (χ1) is 7.27. The lowest BCUT2D eigenvalue weighted by Crippen LogP contribution is -2.26. The molecule has 1 heterocycles. The Bertz CT molecular complexity index is 196. The third kappa shape index (κ3) is 4.42. The van der Waals surface area contributed by atoms with Gasteiger partial charge in [0.1, 0.15) is 0 Å². The lowest BCUT2D eigenvalue weighted by molar-refractivity contribution is -0.127. The second-order valence-corrected chi connectivity index (χ2v) is 4.83. The van der Waals surface area contributed by atoms with E-state index in [2.05, 4.69) is 6.92 Å². The first-order valence-corrected chi connectivity index (χ1v) is 6.65. The summed E-state index contributed by atoms with van der Waals surface area (Å²) >= 11 is 5.61. The lowest BCUT2D eigenvalue weighted by Gasteiger charge is -2.16. The molecule has 0 spiro atoms. The zero-order valence-electron chi connectivity index (χ0n) is 9.67. The molecule has 88 valence electrons. The van der Waals surface area contributed by atoms with Gasteiger partial charge in [-0.15, -0.1) is 11.6 Å². The average molecular weight is 232 g/mol. The summed E-state index contributed by atoms with van der Waals surface area (Å²) in [5, 5.41) is 0. The molecule has 0 radical (unpaired) electrons. The van der Waals surface area contributed by atoms with Gasteiger partial charge in [-0.3, -0.25) is 4.79 Å². The smallest absolute Gasteiger partial charge is 0.222 e. The van der Waals surface area contributed by atoms with Crippen molar-refractivity contribution in [1.29, 1.82) is 0 Å². The molecule has 2 nitrogen and oxygen atoms in total. The van der Waals surface area contributed by atoms with Crippen molar-refractivity contribution in [3.8, 4) is 0 Å². The number of carbonyl (C=O) groups is 1. The maximum atomic E-state index is 11.6. The van der Waals surface area contributed by atoms with Crippen molar-refractivity contribution in [3.05, 3.63) is 0 Å². The van der Waals surface area contributed by atoms with Crippen LogP contribution in [0.25, 0.3) is 0 Å². The van der Waals surface area contributed by atoms with Crippen molar-refractivity contribution in [2.75, 3.05) is 19.0 Å². The summed E-state index contributed by atoms with van der Waals surface area (Å²) in [4.78, 5) is 13.7. The molecule has 0 bridgehead atoms. The molecule has 1 aliphatic heterocycles. The van der Waals surface area contributed by atoms with Crippen LogP contribution in [-0.2, 0) is 4.79 Å². The Balaban J connectivity index is 2.16. The number of hydrogen-bond acceptors (Lipinski definition) is 1. The second-order valence-electron chi connectivity index (χ2n) is 4.45. The van der Waals surface area contributed by atoms with Crippen molar-refractivity contribution in [2.24, 2.45) is 5.92 Å². The van der Waals surface area contributed by atoms with E-state index in [0.29, 0.717) is 11.8 Å². The van der Waals surface area contributed by atoms with Crippen LogP contribution < -0.4 is 0 Å². The van der Waals surface area contributed by atoms with Crippen LogP contribution in [0.15, 0.2) is 0 Å². The number of alkyl halides is 1. The number of halogens is 1. The van der Waals surface area contributed by atoms with Crippen LogP contribution >= 0.6 is 11.6 Å². The van der Waals surface area contributed by atoms with Crippen LogP contribution in [0, 0.1) is 5.92 Å². The minimum absolute atomic E-state index is 0.360. The van der Waals surface area contributed by atoms with Gasteiger partial charge in [-0.1, -0.05) is 19.8 Å². The van der Waals surface area contributed by atoms with Crippen LogP contribution in [-0.4, -0.2) is 29.8 Å². The van der Waals surface area contributed by atoms with Gasteiger partial charge in [0.25, 0.3) is 0 Å².